The van der Waals surface area contributed by atoms with Gasteiger partial charge in [-0.25, -0.2) is 9.79 Å². The highest BCUT2D eigenvalue weighted by Gasteiger charge is 2.37. The molecule has 2 aromatic carbocycles. The van der Waals surface area contributed by atoms with Gasteiger partial charge in [0.15, 0.2) is 0 Å². The summed E-state index contributed by atoms with van der Waals surface area (Å²) in [5.41, 5.74) is 3.25. The number of carbonyl (C=O) groups excluding carboxylic acids is 2. The Kier molecular flexibility index (Phi) is 5.38. The van der Waals surface area contributed by atoms with Crippen LogP contribution < -0.4 is 5.32 Å². The molecule has 2 atom stereocenters. The molecule has 0 spiro atoms. The molecule has 0 radical (unpaired) electrons. The van der Waals surface area contributed by atoms with E-state index in [1.807, 2.05) is 31.2 Å². The number of aryl methyl sites for hydroxylation is 1. The number of benzene rings is 2. The smallest absolute Gasteiger partial charge is 0.341 e. The van der Waals surface area contributed by atoms with Crippen molar-refractivity contribution in [3.8, 4) is 0 Å². The fourth-order valence-electron chi connectivity index (χ4n) is 2.90. The van der Waals surface area contributed by atoms with Crippen molar-refractivity contribution in [2.24, 2.45) is 10.9 Å². The zero-order chi connectivity index (χ0) is 18.7. The zero-order valence-corrected chi connectivity index (χ0v) is 15.3. The second-order valence-electron chi connectivity index (χ2n) is 6.30. The van der Waals surface area contributed by atoms with Crippen LogP contribution in [0.15, 0.2) is 53.5 Å². The van der Waals surface area contributed by atoms with Gasteiger partial charge in [-0.2, -0.15) is 0 Å². The normalized spacial score (nSPS) is 19.5. The molecule has 134 valence electrons. The van der Waals surface area contributed by atoms with Crippen LogP contribution in [-0.2, 0) is 16.1 Å². The Morgan fingerprint density at radius 1 is 1.12 bits per heavy atom. The van der Waals surface area contributed by atoms with E-state index in [-0.39, 0.29) is 6.61 Å². The molecule has 5 nitrogen and oxygen atoms in total. The number of halogens is 1. The molecule has 2 unspecified atom stereocenters. The minimum Gasteiger partial charge on any atom is -0.460 e. The van der Waals surface area contributed by atoms with Gasteiger partial charge in [-0.1, -0.05) is 53.6 Å². The maximum Gasteiger partial charge on any atom is 0.341 e. The summed E-state index contributed by atoms with van der Waals surface area (Å²) in [6, 6.07) is 13.8. The minimum absolute atomic E-state index is 0.171. The van der Waals surface area contributed by atoms with Gasteiger partial charge in [0, 0.05) is 10.7 Å². The Labute approximate surface area is 157 Å². The molecule has 0 bridgehead atoms. The van der Waals surface area contributed by atoms with Crippen LogP contribution in [0.25, 0.3) is 0 Å². The predicted molar refractivity (Wildman–Crippen MR) is 100 cm³/mol. The molecule has 0 saturated carbocycles. The van der Waals surface area contributed by atoms with Crippen molar-refractivity contribution in [2.45, 2.75) is 26.5 Å². The highest BCUT2D eigenvalue weighted by atomic mass is 35.5. The van der Waals surface area contributed by atoms with E-state index in [2.05, 4.69) is 10.3 Å². The first-order valence-corrected chi connectivity index (χ1v) is 8.65. The lowest BCUT2D eigenvalue weighted by Gasteiger charge is -2.29. The van der Waals surface area contributed by atoms with E-state index >= 15 is 0 Å². The molecule has 1 aliphatic rings. The van der Waals surface area contributed by atoms with E-state index in [1.165, 1.54) is 0 Å². The van der Waals surface area contributed by atoms with Gasteiger partial charge in [0.25, 0.3) is 0 Å². The van der Waals surface area contributed by atoms with Gasteiger partial charge in [0.1, 0.15) is 12.5 Å². The average Bonchev–Trinajstić information content (AvgIpc) is 2.61. The number of carbonyl (C=O) groups is 2. The monoisotopic (exact) mass is 370 g/mol. The Bertz CT molecular complexity index is 844. The number of nitrogens with one attached hydrogen (secondary N) is 1. The first-order valence-electron chi connectivity index (χ1n) is 8.27. The fourth-order valence-corrected chi connectivity index (χ4v) is 3.03. The van der Waals surface area contributed by atoms with Crippen LogP contribution >= 0.6 is 11.6 Å². The van der Waals surface area contributed by atoms with Crippen molar-refractivity contribution >= 4 is 29.3 Å². The van der Waals surface area contributed by atoms with Gasteiger partial charge in [0.2, 0.25) is 0 Å². The summed E-state index contributed by atoms with van der Waals surface area (Å²) in [7, 11) is 0. The quantitative estimate of drug-likeness (QED) is 0.819. The third kappa shape index (κ3) is 4.11. The lowest BCUT2D eigenvalue weighted by Crippen LogP contribution is -2.44. The predicted octanol–water partition coefficient (Wildman–Crippen LogP) is 4.23. The topological polar surface area (TPSA) is 67.8 Å². The summed E-state index contributed by atoms with van der Waals surface area (Å²) in [6.45, 7) is 3.83. The Morgan fingerprint density at radius 3 is 2.42 bits per heavy atom. The maximum absolute atomic E-state index is 12.7. The van der Waals surface area contributed by atoms with Gasteiger partial charge in [-0.3, -0.25) is 4.79 Å². The van der Waals surface area contributed by atoms with Gasteiger partial charge in [-0.15, -0.1) is 0 Å². The molecule has 1 aliphatic heterocycles. The van der Waals surface area contributed by atoms with Crippen molar-refractivity contribution in [1.82, 2.24) is 5.32 Å². The number of rotatable bonds is 4. The first-order chi connectivity index (χ1) is 12.4. The first kappa shape index (κ1) is 18.1. The second kappa shape index (κ2) is 7.70. The molecule has 0 fully saturated rings. The van der Waals surface area contributed by atoms with Crippen LogP contribution in [0.5, 0.6) is 0 Å². The van der Waals surface area contributed by atoms with E-state index in [0.717, 1.165) is 16.7 Å². The number of hydrogen-bond donors (Lipinski definition) is 1. The molecule has 3 rings (SSSR count). The number of esters is 1. The largest absolute Gasteiger partial charge is 0.460 e. The van der Waals surface area contributed by atoms with Gasteiger partial charge < -0.3 is 10.1 Å². The molecule has 6 heteroatoms. The SMILES string of the molecule is CC1=NC(=O)NC(c2ccc(Cl)cc2)C1C(=O)OCc1ccc(C)cc1. The van der Waals surface area contributed by atoms with Crippen molar-refractivity contribution in [2.75, 3.05) is 0 Å². The van der Waals surface area contributed by atoms with E-state index < -0.39 is 24.0 Å². The molecule has 0 aliphatic carbocycles. The van der Waals surface area contributed by atoms with Crippen LogP contribution in [0.1, 0.15) is 29.7 Å². The van der Waals surface area contributed by atoms with Crippen molar-refractivity contribution < 1.29 is 14.3 Å². The number of aliphatic imine (C=N–C) groups is 1. The second-order valence-corrected chi connectivity index (χ2v) is 6.74. The van der Waals surface area contributed by atoms with Crippen molar-refractivity contribution in [3.05, 3.63) is 70.2 Å². The number of nitrogens with zero attached hydrogens (tertiary/aromatic N) is 1. The van der Waals surface area contributed by atoms with Gasteiger partial charge in [-0.05, 0) is 37.1 Å². The average molecular weight is 371 g/mol. The number of amides is 2. The van der Waals surface area contributed by atoms with Crippen LogP contribution in [0.3, 0.4) is 0 Å². The van der Waals surface area contributed by atoms with Crippen LogP contribution in [0, 0.1) is 12.8 Å². The third-order valence-electron chi connectivity index (χ3n) is 4.33. The highest BCUT2D eigenvalue weighted by Crippen LogP contribution is 2.29. The molecular formula is C20H19ClN2O3. The summed E-state index contributed by atoms with van der Waals surface area (Å²) in [5, 5.41) is 3.33. The van der Waals surface area contributed by atoms with E-state index in [4.69, 9.17) is 16.3 Å². The summed E-state index contributed by atoms with van der Waals surface area (Å²) in [4.78, 5) is 28.4. The zero-order valence-electron chi connectivity index (χ0n) is 14.5. The summed E-state index contributed by atoms with van der Waals surface area (Å²) in [5.74, 6) is -1.11. The molecular weight excluding hydrogens is 352 g/mol. The summed E-state index contributed by atoms with van der Waals surface area (Å²) >= 11 is 5.93. The van der Waals surface area contributed by atoms with Crippen molar-refractivity contribution in [1.29, 1.82) is 0 Å². The van der Waals surface area contributed by atoms with Crippen molar-refractivity contribution in [3.63, 3.8) is 0 Å². The third-order valence-corrected chi connectivity index (χ3v) is 4.58. The Balaban J connectivity index is 1.79. The summed E-state index contributed by atoms with van der Waals surface area (Å²) < 4.78 is 5.49. The molecule has 1 N–H and O–H groups in total. The molecule has 0 aromatic heterocycles. The Morgan fingerprint density at radius 2 is 1.77 bits per heavy atom. The van der Waals surface area contributed by atoms with Crippen LogP contribution in [0.4, 0.5) is 4.79 Å². The van der Waals surface area contributed by atoms with E-state index in [0.29, 0.717) is 10.7 Å². The lowest BCUT2D eigenvalue weighted by atomic mass is 9.88. The molecule has 2 aromatic rings. The number of hydrogen-bond acceptors (Lipinski definition) is 3. The number of ether oxygens (including phenoxy) is 1. The standard InChI is InChI=1S/C20H19ClN2O3/c1-12-3-5-14(6-4-12)11-26-19(24)17-13(2)22-20(25)23-18(17)15-7-9-16(21)10-8-15/h3-10,17-18H,11H2,1-2H3,(H,23,25). The molecule has 1 heterocycles. The highest BCUT2D eigenvalue weighted by molar-refractivity contribution is 6.30. The summed E-state index contributed by atoms with van der Waals surface area (Å²) in [6.07, 6.45) is 0. The lowest BCUT2D eigenvalue weighted by molar-refractivity contribution is -0.148. The van der Waals surface area contributed by atoms with Gasteiger partial charge in [0.05, 0.1) is 6.04 Å². The molecule has 26 heavy (non-hydrogen) atoms. The van der Waals surface area contributed by atoms with Crippen LogP contribution in [0.2, 0.25) is 5.02 Å². The Hall–Kier alpha value is -2.66. The van der Waals surface area contributed by atoms with Gasteiger partial charge >= 0.3 is 12.0 Å². The molecule has 0 saturated heterocycles. The maximum atomic E-state index is 12.7. The number of urea groups is 1. The van der Waals surface area contributed by atoms with E-state index in [1.54, 1.807) is 31.2 Å². The van der Waals surface area contributed by atoms with E-state index in [9.17, 15) is 9.59 Å². The van der Waals surface area contributed by atoms with Crippen LogP contribution in [-0.4, -0.2) is 17.7 Å². The molecule has 2 amide bonds. The minimum atomic E-state index is -0.681. The fraction of sp³-hybridized carbons (Fsp3) is 0.250.